The summed E-state index contributed by atoms with van der Waals surface area (Å²) in [6, 6.07) is 0. The maximum Gasteiger partial charge on any atom is 0.242 e. The van der Waals surface area contributed by atoms with Crippen molar-refractivity contribution in [1.82, 2.24) is 9.47 Å². The fourth-order valence-corrected chi connectivity index (χ4v) is 3.68. The van der Waals surface area contributed by atoms with Crippen molar-refractivity contribution in [1.29, 1.82) is 0 Å². The molecular weight excluding hydrogens is 344 g/mol. The van der Waals surface area contributed by atoms with E-state index in [-0.39, 0.29) is 10.2 Å². The Balaban J connectivity index is 2.09. The number of likely N-dealkylation sites (N-methyl/N-ethyl adjacent to an activating group) is 1. The van der Waals surface area contributed by atoms with Crippen LogP contribution in [0.4, 0.5) is 0 Å². The van der Waals surface area contributed by atoms with Crippen molar-refractivity contribution in [2.24, 2.45) is 7.05 Å². The van der Waals surface area contributed by atoms with Crippen LogP contribution in [0.1, 0.15) is 5.69 Å². The lowest BCUT2D eigenvalue weighted by atomic mass is 10.3. The first-order valence-electron chi connectivity index (χ1n) is 5.85. The molecule has 21 heavy (non-hydrogen) atoms. The van der Waals surface area contributed by atoms with Crippen LogP contribution >= 0.6 is 47.5 Å². The van der Waals surface area contributed by atoms with Gasteiger partial charge in [-0.05, 0) is 36.1 Å². The lowest BCUT2D eigenvalue weighted by Crippen LogP contribution is -2.15. The van der Waals surface area contributed by atoms with E-state index in [0.29, 0.717) is 19.7 Å². The first-order chi connectivity index (χ1) is 9.91. The van der Waals surface area contributed by atoms with Gasteiger partial charge in [-0.2, -0.15) is 0 Å². The number of carbonyl (C=O) groups excluding carboxylic acids is 1. The molecule has 0 unspecified atom stereocenters. The topological polar surface area (TPSA) is 45.5 Å². The largest absolute Gasteiger partial charge is 0.498 e. The number of allylic oxidation sites excluding steroid dienone is 4. The summed E-state index contributed by atoms with van der Waals surface area (Å²) in [5.41, 5.74) is 1.22. The number of carbonyl (C=O) groups is 1. The molecule has 8 heteroatoms. The third-order valence-corrected chi connectivity index (χ3v) is 5.53. The molecule has 2 rings (SSSR count). The number of thioether (sulfide) groups is 1. The number of aromatic nitrogens is 1. The van der Waals surface area contributed by atoms with Crippen LogP contribution in [-0.2, 0) is 11.8 Å². The Morgan fingerprint density at radius 3 is 2.43 bits per heavy atom. The molecule has 4 nitrogen and oxygen atoms in total. The van der Waals surface area contributed by atoms with Gasteiger partial charge in [-0.1, -0.05) is 41.8 Å². The molecule has 0 spiro atoms. The van der Waals surface area contributed by atoms with Gasteiger partial charge in [0.25, 0.3) is 0 Å². The van der Waals surface area contributed by atoms with Crippen molar-refractivity contribution in [2.45, 2.75) is 0 Å². The highest BCUT2D eigenvalue weighted by Gasteiger charge is 2.27. The van der Waals surface area contributed by atoms with Gasteiger partial charge in [0.2, 0.25) is 5.12 Å². The van der Waals surface area contributed by atoms with Crippen molar-refractivity contribution >= 4 is 63.0 Å². The Morgan fingerprint density at radius 1 is 1.19 bits per heavy atom. The maximum absolute atomic E-state index is 11.6. The molecule has 1 aromatic heterocycles. The number of thiazole rings is 1. The quantitative estimate of drug-likeness (QED) is 0.508. The van der Waals surface area contributed by atoms with E-state index in [1.807, 2.05) is 0 Å². The molecule has 110 valence electrons. The Bertz CT molecular complexity index is 740. The average molecular weight is 357 g/mol. The molecule has 1 aliphatic heterocycles. The standard InChI is InChI=1S/C13H12N2O2S4/c1-14-8(10(16)20-12(14)18)6-4-3-5-7-9-11(17)21-13(19)15(9)2/h3-7,16H,1-2H3/b5-3?,6-4?,9-7+. The summed E-state index contributed by atoms with van der Waals surface area (Å²) < 4.78 is 2.91. The van der Waals surface area contributed by atoms with Crippen LogP contribution in [0.5, 0.6) is 5.06 Å². The number of hydrogen-bond donors (Lipinski definition) is 1. The Morgan fingerprint density at radius 2 is 1.90 bits per heavy atom. The van der Waals surface area contributed by atoms with E-state index in [9.17, 15) is 9.90 Å². The molecule has 1 N–H and O–H groups in total. The second-order valence-electron chi connectivity index (χ2n) is 4.13. The molecule has 0 aromatic carbocycles. The summed E-state index contributed by atoms with van der Waals surface area (Å²) in [4.78, 5) is 13.3. The lowest BCUT2D eigenvalue weighted by Gasteiger charge is -2.08. The Kier molecular flexibility index (Phi) is 5.15. The Labute approximate surface area is 141 Å². The summed E-state index contributed by atoms with van der Waals surface area (Å²) >= 11 is 12.3. The molecule has 1 saturated heterocycles. The predicted molar refractivity (Wildman–Crippen MR) is 95.0 cm³/mol. The van der Waals surface area contributed by atoms with Crippen LogP contribution in [0.15, 0.2) is 30.0 Å². The number of nitrogens with zero attached hydrogens (tertiary/aromatic N) is 2. The molecule has 0 saturated carbocycles. The number of aromatic hydroxyl groups is 1. The highest BCUT2D eigenvalue weighted by atomic mass is 32.2. The summed E-state index contributed by atoms with van der Waals surface area (Å²) in [5, 5.41) is 9.86. The van der Waals surface area contributed by atoms with Crippen LogP contribution in [-0.4, -0.2) is 31.1 Å². The third-order valence-electron chi connectivity index (χ3n) is 2.79. The summed E-state index contributed by atoms with van der Waals surface area (Å²) in [7, 11) is 3.57. The van der Waals surface area contributed by atoms with Crippen molar-refractivity contribution in [3.63, 3.8) is 0 Å². The number of thiocarbonyl (C=S) groups is 1. The van der Waals surface area contributed by atoms with Crippen molar-refractivity contribution in [3.05, 3.63) is 39.6 Å². The molecule has 1 aliphatic rings. The van der Waals surface area contributed by atoms with Gasteiger partial charge in [0.1, 0.15) is 4.32 Å². The first kappa shape index (κ1) is 16.2. The molecule has 0 aliphatic carbocycles. The second-order valence-corrected chi connectivity index (χ2v) is 7.36. The molecule has 2 heterocycles. The zero-order valence-corrected chi connectivity index (χ0v) is 14.5. The monoisotopic (exact) mass is 356 g/mol. The minimum Gasteiger partial charge on any atom is -0.498 e. The fraction of sp³-hybridized carbons (Fsp3) is 0.154. The predicted octanol–water partition coefficient (Wildman–Crippen LogP) is 3.47. The molecule has 0 bridgehead atoms. The van der Waals surface area contributed by atoms with Gasteiger partial charge < -0.3 is 14.6 Å². The summed E-state index contributed by atoms with van der Waals surface area (Å²) in [5.74, 6) is 0. The van der Waals surface area contributed by atoms with E-state index in [1.54, 1.807) is 53.9 Å². The van der Waals surface area contributed by atoms with Gasteiger partial charge in [0.15, 0.2) is 9.02 Å². The highest BCUT2D eigenvalue weighted by Crippen LogP contribution is 2.28. The molecule has 0 radical (unpaired) electrons. The minimum absolute atomic E-state index is 0.0474. The second kappa shape index (κ2) is 6.69. The van der Waals surface area contributed by atoms with Crippen LogP contribution in [0.2, 0.25) is 0 Å². The smallest absolute Gasteiger partial charge is 0.242 e. The van der Waals surface area contributed by atoms with E-state index in [2.05, 4.69) is 0 Å². The molecule has 0 atom stereocenters. The van der Waals surface area contributed by atoms with Gasteiger partial charge in [0, 0.05) is 14.1 Å². The van der Waals surface area contributed by atoms with Crippen molar-refractivity contribution in [3.8, 4) is 5.06 Å². The van der Waals surface area contributed by atoms with Crippen LogP contribution in [0.25, 0.3) is 6.08 Å². The van der Waals surface area contributed by atoms with Crippen LogP contribution < -0.4 is 0 Å². The average Bonchev–Trinajstić information content (AvgIpc) is 2.80. The van der Waals surface area contributed by atoms with Crippen molar-refractivity contribution < 1.29 is 9.90 Å². The zero-order chi connectivity index (χ0) is 15.6. The third kappa shape index (κ3) is 3.52. The number of rotatable bonds is 3. The number of hydrogen-bond acceptors (Lipinski definition) is 6. The highest BCUT2D eigenvalue weighted by molar-refractivity contribution is 8.33. The molecule has 1 aromatic rings. The SMILES string of the molecule is CN1C(=S)SC(=O)/C1=C\C=CC=Cc1c(O)sc(=S)n1C. The molecule has 1 fully saturated rings. The van der Waals surface area contributed by atoms with Crippen LogP contribution in [0, 0.1) is 3.95 Å². The summed E-state index contributed by atoms with van der Waals surface area (Å²) in [6.45, 7) is 0. The normalized spacial score (nSPS) is 18.0. The zero-order valence-electron chi connectivity index (χ0n) is 11.3. The van der Waals surface area contributed by atoms with E-state index in [1.165, 1.54) is 0 Å². The Hall–Kier alpha value is -1.22. The minimum atomic E-state index is -0.0474. The van der Waals surface area contributed by atoms with Gasteiger partial charge in [-0.3, -0.25) is 4.79 Å². The molecular formula is C13H12N2O2S4. The molecule has 0 amide bonds. The van der Waals surface area contributed by atoms with Gasteiger partial charge in [-0.25, -0.2) is 0 Å². The van der Waals surface area contributed by atoms with Crippen LogP contribution in [0.3, 0.4) is 0 Å². The van der Waals surface area contributed by atoms with Gasteiger partial charge in [-0.15, -0.1) is 0 Å². The lowest BCUT2D eigenvalue weighted by molar-refractivity contribution is -0.108. The first-order valence-corrected chi connectivity index (χ1v) is 8.30. The maximum atomic E-state index is 11.6. The van der Waals surface area contributed by atoms with E-state index in [0.717, 1.165) is 23.1 Å². The fourth-order valence-electron chi connectivity index (χ4n) is 1.60. The van der Waals surface area contributed by atoms with E-state index < -0.39 is 0 Å². The summed E-state index contributed by atoms with van der Waals surface area (Å²) in [6.07, 6.45) is 8.78. The van der Waals surface area contributed by atoms with Crippen molar-refractivity contribution in [2.75, 3.05) is 7.05 Å². The van der Waals surface area contributed by atoms with E-state index in [4.69, 9.17) is 24.4 Å². The van der Waals surface area contributed by atoms with Gasteiger partial charge in [0.05, 0.1) is 11.4 Å². The van der Waals surface area contributed by atoms with E-state index >= 15 is 0 Å². The van der Waals surface area contributed by atoms with Gasteiger partial charge >= 0.3 is 0 Å².